The smallest absolute Gasteiger partial charge is 0.331 e. The molecule has 4 aromatic rings. The zero-order valence-corrected chi connectivity index (χ0v) is 23.2. The van der Waals surface area contributed by atoms with Crippen molar-refractivity contribution in [2.24, 2.45) is 0 Å². The molecule has 0 saturated heterocycles. The fourth-order valence-electron chi connectivity index (χ4n) is 3.72. The Morgan fingerprint density at radius 2 is 1.61 bits per heavy atom. The van der Waals surface area contributed by atoms with Crippen LogP contribution in [0.4, 0.5) is 36.8 Å². The lowest BCUT2D eigenvalue weighted by atomic mass is 10.1. The lowest BCUT2D eigenvalue weighted by Gasteiger charge is -2.15. The standard InChI is InChI=1S/C26H19Cl2F6N5OS/c1-14-3-2-4-15(7-14)13-41-24-38-37-22(39(24)21-11-18(27)5-6-20(21)28)12-35-23(40)36-19-9-16(25(29,30)31)8-17(10-19)26(32,33)34/h2-11H,12-13H2,1H3,(H2,35,36,40). The quantitative estimate of drug-likeness (QED) is 0.158. The van der Waals surface area contributed by atoms with Gasteiger partial charge in [-0.05, 0) is 48.9 Å². The summed E-state index contributed by atoms with van der Waals surface area (Å²) in [7, 11) is 0. The highest BCUT2D eigenvalue weighted by molar-refractivity contribution is 7.98. The minimum absolute atomic E-state index is 0.0315. The van der Waals surface area contributed by atoms with Crippen LogP contribution in [-0.2, 0) is 24.7 Å². The van der Waals surface area contributed by atoms with Gasteiger partial charge in [-0.2, -0.15) is 26.3 Å². The van der Waals surface area contributed by atoms with Gasteiger partial charge < -0.3 is 10.6 Å². The van der Waals surface area contributed by atoms with Gasteiger partial charge in [-0.3, -0.25) is 4.57 Å². The number of amides is 2. The molecule has 2 amide bonds. The number of aromatic nitrogens is 3. The van der Waals surface area contributed by atoms with Gasteiger partial charge >= 0.3 is 18.4 Å². The number of benzene rings is 3. The first-order valence-electron chi connectivity index (χ1n) is 11.6. The number of aryl methyl sites for hydroxylation is 1. The van der Waals surface area contributed by atoms with E-state index in [1.54, 1.807) is 22.8 Å². The van der Waals surface area contributed by atoms with E-state index < -0.39 is 35.2 Å². The van der Waals surface area contributed by atoms with Crippen molar-refractivity contribution in [2.45, 2.75) is 36.7 Å². The lowest BCUT2D eigenvalue weighted by Crippen LogP contribution is -2.29. The van der Waals surface area contributed by atoms with Crippen molar-refractivity contribution in [1.29, 1.82) is 0 Å². The van der Waals surface area contributed by atoms with Crippen LogP contribution in [0.1, 0.15) is 28.1 Å². The minimum Gasteiger partial charge on any atom is -0.331 e. The molecule has 0 aliphatic rings. The Labute approximate surface area is 244 Å². The van der Waals surface area contributed by atoms with Gasteiger partial charge in [0.15, 0.2) is 11.0 Å². The molecule has 6 nitrogen and oxygen atoms in total. The average molecular weight is 634 g/mol. The predicted molar refractivity (Wildman–Crippen MR) is 144 cm³/mol. The van der Waals surface area contributed by atoms with Crippen LogP contribution in [0.25, 0.3) is 5.69 Å². The van der Waals surface area contributed by atoms with Gasteiger partial charge in [0, 0.05) is 16.5 Å². The number of rotatable bonds is 7. The second-order valence-electron chi connectivity index (χ2n) is 8.71. The summed E-state index contributed by atoms with van der Waals surface area (Å²) in [4.78, 5) is 12.5. The van der Waals surface area contributed by atoms with Crippen LogP contribution < -0.4 is 10.6 Å². The average Bonchev–Trinajstić information content (AvgIpc) is 3.29. The van der Waals surface area contributed by atoms with Crippen molar-refractivity contribution in [3.8, 4) is 5.69 Å². The molecule has 0 fully saturated rings. The number of anilines is 1. The van der Waals surface area contributed by atoms with Crippen molar-refractivity contribution in [1.82, 2.24) is 20.1 Å². The number of halogens is 8. The molecule has 0 saturated carbocycles. The third-order valence-electron chi connectivity index (χ3n) is 5.55. The molecule has 216 valence electrons. The largest absolute Gasteiger partial charge is 0.416 e. The molecule has 3 aromatic carbocycles. The van der Waals surface area contributed by atoms with Gasteiger partial charge in [-0.25, -0.2) is 4.79 Å². The van der Waals surface area contributed by atoms with Crippen LogP contribution in [0.3, 0.4) is 0 Å². The van der Waals surface area contributed by atoms with E-state index in [1.165, 1.54) is 11.8 Å². The first-order valence-corrected chi connectivity index (χ1v) is 13.4. The molecule has 0 radical (unpaired) electrons. The molecule has 0 aliphatic heterocycles. The monoisotopic (exact) mass is 633 g/mol. The van der Waals surface area contributed by atoms with Crippen molar-refractivity contribution >= 4 is 46.7 Å². The van der Waals surface area contributed by atoms with Crippen molar-refractivity contribution in [3.05, 3.63) is 98.8 Å². The second kappa shape index (κ2) is 12.2. The Bertz CT molecular complexity index is 1540. The van der Waals surface area contributed by atoms with Crippen LogP contribution in [0.5, 0.6) is 0 Å². The van der Waals surface area contributed by atoms with E-state index in [0.29, 0.717) is 38.8 Å². The summed E-state index contributed by atoms with van der Waals surface area (Å²) in [5.41, 5.74) is -1.33. The molecule has 0 bridgehead atoms. The van der Waals surface area contributed by atoms with Gasteiger partial charge in [-0.15, -0.1) is 10.2 Å². The number of hydrogen-bond acceptors (Lipinski definition) is 4. The Kier molecular flexibility index (Phi) is 9.10. The predicted octanol–water partition coefficient (Wildman–Crippen LogP) is 8.53. The number of hydrogen-bond donors (Lipinski definition) is 2. The number of nitrogens with one attached hydrogen (secondary N) is 2. The van der Waals surface area contributed by atoms with Gasteiger partial charge in [-0.1, -0.05) is 64.8 Å². The fraction of sp³-hybridized carbons (Fsp3) is 0.192. The lowest BCUT2D eigenvalue weighted by molar-refractivity contribution is -0.143. The molecular weight excluding hydrogens is 615 g/mol. The maximum absolute atomic E-state index is 13.2. The summed E-state index contributed by atoms with van der Waals surface area (Å²) in [5, 5.41) is 13.8. The second-order valence-corrected chi connectivity index (χ2v) is 10.5. The zero-order chi connectivity index (χ0) is 29.9. The number of urea groups is 1. The van der Waals surface area contributed by atoms with E-state index in [0.717, 1.165) is 11.1 Å². The van der Waals surface area contributed by atoms with Crippen LogP contribution in [0.2, 0.25) is 10.0 Å². The number of carbonyl (C=O) groups excluding carboxylic acids is 1. The third kappa shape index (κ3) is 7.86. The van der Waals surface area contributed by atoms with Crippen LogP contribution >= 0.6 is 35.0 Å². The first-order chi connectivity index (χ1) is 19.2. The van der Waals surface area contributed by atoms with E-state index in [-0.39, 0.29) is 18.4 Å². The number of carbonyl (C=O) groups is 1. The maximum Gasteiger partial charge on any atom is 0.416 e. The van der Waals surface area contributed by atoms with Gasteiger partial charge in [0.1, 0.15) is 0 Å². The highest BCUT2D eigenvalue weighted by Gasteiger charge is 2.37. The van der Waals surface area contributed by atoms with Crippen molar-refractivity contribution in [3.63, 3.8) is 0 Å². The van der Waals surface area contributed by atoms with E-state index in [2.05, 4.69) is 15.5 Å². The summed E-state index contributed by atoms with van der Waals surface area (Å²) < 4.78 is 80.6. The molecule has 1 aromatic heterocycles. The molecule has 15 heteroatoms. The SMILES string of the molecule is Cc1cccc(CSc2nnc(CNC(=O)Nc3cc(C(F)(F)F)cc(C(F)(F)F)c3)n2-c2cc(Cl)ccc2Cl)c1. The van der Waals surface area contributed by atoms with Crippen molar-refractivity contribution in [2.75, 3.05) is 5.32 Å². The molecular formula is C26H19Cl2F6N5OS. The minimum atomic E-state index is -5.06. The van der Waals surface area contributed by atoms with Crippen LogP contribution in [-0.4, -0.2) is 20.8 Å². The van der Waals surface area contributed by atoms with Crippen LogP contribution in [0, 0.1) is 6.92 Å². The summed E-state index contributed by atoms with van der Waals surface area (Å²) in [6, 6.07) is 12.2. The van der Waals surface area contributed by atoms with E-state index in [1.807, 2.05) is 36.5 Å². The summed E-state index contributed by atoms with van der Waals surface area (Å²) >= 11 is 13.9. The number of alkyl halides is 6. The number of nitrogens with zero attached hydrogens (tertiary/aromatic N) is 3. The maximum atomic E-state index is 13.2. The topological polar surface area (TPSA) is 71.8 Å². The highest BCUT2D eigenvalue weighted by Crippen LogP contribution is 2.37. The highest BCUT2D eigenvalue weighted by atomic mass is 35.5. The molecule has 1 heterocycles. The van der Waals surface area contributed by atoms with Gasteiger partial charge in [0.2, 0.25) is 0 Å². The summed E-state index contributed by atoms with van der Waals surface area (Å²) in [6.45, 7) is 1.65. The normalized spacial score (nSPS) is 11.9. The van der Waals surface area contributed by atoms with Gasteiger partial charge in [0.05, 0.1) is 28.4 Å². The summed E-state index contributed by atoms with van der Waals surface area (Å²) in [5.74, 6) is 0.694. The third-order valence-corrected chi connectivity index (χ3v) is 7.11. The molecule has 4 rings (SSSR count). The molecule has 0 unspecified atom stereocenters. The van der Waals surface area contributed by atoms with Gasteiger partial charge in [0.25, 0.3) is 0 Å². The first kappa shape index (κ1) is 30.5. The molecule has 2 N–H and O–H groups in total. The fourth-order valence-corrected chi connectivity index (χ4v) is 4.99. The number of thioether (sulfide) groups is 1. The Hall–Kier alpha value is -3.42. The van der Waals surface area contributed by atoms with Crippen molar-refractivity contribution < 1.29 is 31.1 Å². The zero-order valence-electron chi connectivity index (χ0n) is 20.9. The Morgan fingerprint density at radius 3 is 2.24 bits per heavy atom. The molecule has 0 atom stereocenters. The Balaban J connectivity index is 1.57. The molecule has 0 aliphatic carbocycles. The van der Waals surface area contributed by atoms with E-state index in [4.69, 9.17) is 23.2 Å². The Morgan fingerprint density at radius 1 is 0.927 bits per heavy atom. The molecule has 41 heavy (non-hydrogen) atoms. The van der Waals surface area contributed by atoms with E-state index >= 15 is 0 Å². The van der Waals surface area contributed by atoms with Crippen LogP contribution in [0.15, 0.2) is 65.8 Å². The molecule has 0 spiro atoms. The van der Waals surface area contributed by atoms with E-state index in [9.17, 15) is 31.1 Å². The summed E-state index contributed by atoms with van der Waals surface area (Å²) in [6.07, 6.45) is -10.1.